The molecule has 31 heavy (non-hydrogen) atoms. The van der Waals surface area contributed by atoms with E-state index in [9.17, 15) is 9.90 Å². The fraction of sp³-hybridized carbons (Fsp3) is 0. The summed E-state index contributed by atoms with van der Waals surface area (Å²) in [6.07, 6.45) is 0. The van der Waals surface area contributed by atoms with Gasteiger partial charge in [-0.1, -0.05) is 60.7 Å². The van der Waals surface area contributed by atoms with Crippen LogP contribution in [-0.4, -0.2) is 16.0 Å². The Morgan fingerprint density at radius 2 is 1.55 bits per heavy atom. The second-order valence-electron chi connectivity index (χ2n) is 7.73. The summed E-state index contributed by atoms with van der Waals surface area (Å²) in [5.41, 5.74) is 2.93. The number of benzene rings is 5. The number of aromatic nitrogens is 1. The van der Waals surface area contributed by atoms with Crippen molar-refractivity contribution >= 4 is 54.9 Å². The molecular weight excluding hydrogens is 384 g/mol. The van der Waals surface area contributed by atoms with Crippen molar-refractivity contribution in [3.05, 3.63) is 96.6 Å². The predicted octanol–water partition coefficient (Wildman–Crippen LogP) is 6.83. The molecule has 0 aliphatic carbocycles. The third-order valence-electron chi connectivity index (χ3n) is 5.87. The van der Waals surface area contributed by atoms with Crippen LogP contribution in [0.1, 0.15) is 11.8 Å². The highest BCUT2D eigenvalue weighted by atomic mass is 16.3. The molecule has 0 spiro atoms. The highest BCUT2D eigenvalue weighted by Crippen LogP contribution is 2.37. The van der Waals surface area contributed by atoms with Gasteiger partial charge in [0, 0.05) is 28.8 Å². The molecule has 3 N–H and O–H groups in total. The third kappa shape index (κ3) is 2.73. The maximum Gasteiger partial charge on any atom is 0.259 e. The number of carbonyl (C=O) groups is 1. The van der Waals surface area contributed by atoms with Crippen LogP contribution in [0.5, 0.6) is 5.75 Å². The van der Waals surface area contributed by atoms with Gasteiger partial charge in [0.25, 0.3) is 5.91 Å². The maximum absolute atomic E-state index is 12.8. The topological polar surface area (TPSA) is 65.1 Å². The van der Waals surface area contributed by atoms with E-state index in [1.807, 2.05) is 48.5 Å². The van der Waals surface area contributed by atoms with Crippen LogP contribution in [0.15, 0.2) is 91.0 Å². The van der Waals surface area contributed by atoms with Gasteiger partial charge in [0.2, 0.25) is 0 Å². The number of H-pyrrole nitrogens is 1. The van der Waals surface area contributed by atoms with Crippen LogP contribution in [0.4, 0.5) is 5.69 Å². The van der Waals surface area contributed by atoms with Crippen molar-refractivity contribution in [1.82, 2.24) is 4.98 Å². The fourth-order valence-electron chi connectivity index (χ4n) is 4.41. The predicted molar refractivity (Wildman–Crippen MR) is 129 cm³/mol. The van der Waals surface area contributed by atoms with E-state index in [4.69, 9.17) is 0 Å². The number of aromatic hydroxyl groups is 1. The molecule has 0 unspecified atom stereocenters. The molecule has 0 aliphatic heterocycles. The van der Waals surface area contributed by atoms with Gasteiger partial charge >= 0.3 is 0 Å². The van der Waals surface area contributed by atoms with Gasteiger partial charge in [-0.2, -0.15) is 0 Å². The number of aromatic amines is 1. The molecule has 0 fully saturated rings. The molecule has 1 heterocycles. The van der Waals surface area contributed by atoms with Gasteiger partial charge in [0.05, 0.1) is 11.1 Å². The van der Waals surface area contributed by atoms with Crippen LogP contribution in [-0.2, 0) is 0 Å². The van der Waals surface area contributed by atoms with Gasteiger partial charge in [-0.15, -0.1) is 0 Å². The Bertz CT molecular complexity index is 1640. The molecule has 5 aromatic carbocycles. The van der Waals surface area contributed by atoms with E-state index < -0.39 is 0 Å². The molecular formula is C27H20N2O2. The number of amides is 1. The van der Waals surface area contributed by atoms with Gasteiger partial charge in [-0.05, 0) is 46.5 Å². The van der Waals surface area contributed by atoms with E-state index in [1.165, 1.54) is 16.2 Å². The van der Waals surface area contributed by atoms with Crippen LogP contribution < -0.4 is 5.32 Å². The number of para-hydroxylation sites is 1. The number of anilines is 1. The summed E-state index contributed by atoms with van der Waals surface area (Å²) in [7, 11) is 0. The Hall–Kier alpha value is -4.31. The minimum absolute atomic E-state index is 0. The molecule has 4 nitrogen and oxygen atoms in total. The van der Waals surface area contributed by atoms with Gasteiger partial charge in [-0.3, -0.25) is 4.79 Å². The minimum atomic E-state index is -0.340. The van der Waals surface area contributed by atoms with E-state index in [-0.39, 0.29) is 18.6 Å². The lowest BCUT2D eigenvalue weighted by molar-refractivity contribution is 0.102. The summed E-state index contributed by atoms with van der Waals surface area (Å²) in [6.45, 7) is 0. The average Bonchev–Trinajstić information content (AvgIpc) is 3.19. The molecule has 150 valence electrons. The lowest BCUT2D eigenvalue weighted by Gasteiger charge is -2.09. The van der Waals surface area contributed by atoms with Crippen molar-refractivity contribution in [3.8, 4) is 5.75 Å². The zero-order valence-electron chi connectivity index (χ0n) is 16.5. The molecule has 0 saturated heterocycles. The van der Waals surface area contributed by atoms with Crippen molar-refractivity contribution in [2.75, 3.05) is 5.32 Å². The molecule has 6 aromatic rings. The molecule has 0 saturated carbocycles. The zero-order chi connectivity index (χ0) is 20.9. The van der Waals surface area contributed by atoms with Crippen molar-refractivity contribution in [3.63, 3.8) is 0 Å². The van der Waals surface area contributed by atoms with E-state index in [0.29, 0.717) is 5.69 Å². The van der Waals surface area contributed by atoms with Gasteiger partial charge in [-0.25, -0.2) is 0 Å². The van der Waals surface area contributed by atoms with Gasteiger partial charge in [0.1, 0.15) is 5.75 Å². The van der Waals surface area contributed by atoms with Crippen LogP contribution in [0.3, 0.4) is 0 Å². The largest absolute Gasteiger partial charge is 0.507 e. The summed E-state index contributed by atoms with van der Waals surface area (Å²) in [6, 6.07) is 29.2. The molecule has 1 aromatic heterocycles. The second-order valence-corrected chi connectivity index (χ2v) is 7.73. The molecule has 0 aliphatic rings. The lowest BCUT2D eigenvalue weighted by atomic mass is 10.00. The molecule has 0 bridgehead atoms. The highest BCUT2D eigenvalue weighted by Gasteiger charge is 2.16. The minimum Gasteiger partial charge on any atom is -0.507 e. The average molecular weight is 404 g/mol. The first kappa shape index (κ1) is 17.5. The number of hydrogen-bond donors (Lipinski definition) is 3. The number of phenolic OH excluding ortho intramolecular Hbond substituents is 1. The molecule has 0 radical (unpaired) electrons. The number of phenols is 1. The van der Waals surface area contributed by atoms with Crippen molar-refractivity contribution in [2.24, 2.45) is 0 Å². The quantitative estimate of drug-likeness (QED) is 0.296. The Balaban J connectivity index is 0.00000216. The van der Waals surface area contributed by atoms with Gasteiger partial charge < -0.3 is 15.4 Å². The standard InChI is InChI=1S/C27H18N2O2.H2/c30-24-15-21-17(14-22(24)27(31)28-18-7-2-1-3-8-18)10-12-20-25-19-9-5-4-6-16(19)11-13-23(25)29-26(20)21;/h1-15,29-30H,(H,28,31);1H. The summed E-state index contributed by atoms with van der Waals surface area (Å²) >= 11 is 0. The number of carbonyl (C=O) groups excluding carboxylic acids is 1. The zero-order valence-corrected chi connectivity index (χ0v) is 16.5. The number of hydrogen-bond acceptors (Lipinski definition) is 2. The van der Waals surface area contributed by atoms with Gasteiger partial charge in [0.15, 0.2) is 0 Å². The monoisotopic (exact) mass is 404 g/mol. The Kier molecular flexibility index (Phi) is 3.74. The fourth-order valence-corrected chi connectivity index (χ4v) is 4.41. The van der Waals surface area contributed by atoms with Crippen LogP contribution in [0.2, 0.25) is 0 Å². The summed E-state index contributed by atoms with van der Waals surface area (Å²) in [4.78, 5) is 16.3. The van der Waals surface area contributed by atoms with Crippen molar-refractivity contribution in [2.45, 2.75) is 0 Å². The summed E-state index contributed by atoms with van der Waals surface area (Å²) in [5.74, 6) is -0.384. The van der Waals surface area contributed by atoms with Crippen LogP contribution >= 0.6 is 0 Å². The summed E-state index contributed by atoms with van der Waals surface area (Å²) < 4.78 is 0. The summed E-state index contributed by atoms with van der Waals surface area (Å²) in [5, 5.41) is 19.9. The van der Waals surface area contributed by atoms with Crippen LogP contribution in [0, 0.1) is 0 Å². The first-order chi connectivity index (χ1) is 15.2. The number of fused-ring (bicyclic) bond motifs is 7. The first-order valence-electron chi connectivity index (χ1n) is 10.1. The first-order valence-corrected chi connectivity index (χ1v) is 10.1. The lowest BCUT2D eigenvalue weighted by Crippen LogP contribution is -2.12. The Morgan fingerprint density at radius 3 is 2.42 bits per heavy atom. The van der Waals surface area contributed by atoms with E-state index in [1.54, 1.807) is 12.1 Å². The Labute approximate surface area is 179 Å². The number of nitrogens with one attached hydrogen (secondary N) is 2. The normalized spacial score (nSPS) is 11.5. The van der Waals surface area contributed by atoms with Crippen LogP contribution in [0.25, 0.3) is 43.4 Å². The molecule has 4 heteroatoms. The SMILES string of the molecule is O=C(Nc1ccccc1)c1cc2ccc3c([nH]c4ccc5ccccc5c43)c2cc1O.[HH]. The third-order valence-corrected chi connectivity index (χ3v) is 5.87. The van der Waals surface area contributed by atoms with E-state index >= 15 is 0 Å². The molecule has 6 rings (SSSR count). The Morgan fingerprint density at radius 1 is 0.774 bits per heavy atom. The molecule has 1 amide bonds. The van der Waals surface area contributed by atoms with Crippen molar-refractivity contribution < 1.29 is 11.3 Å². The van der Waals surface area contributed by atoms with Crippen molar-refractivity contribution in [1.29, 1.82) is 0 Å². The van der Waals surface area contributed by atoms with E-state index in [0.717, 1.165) is 27.2 Å². The van der Waals surface area contributed by atoms with E-state index in [2.05, 4.69) is 40.6 Å². The smallest absolute Gasteiger partial charge is 0.259 e. The maximum atomic E-state index is 12.8. The number of rotatable bonds is 2. The highest BCUT2D eigenvalue weighted by molar-refractivity contribution is 6.25. The second kappa shape index (κ2) is 6.61. The molecule has 0 atom stereocenters.